The zero-order valence-electron chi connectivity index (χ0n) is 10.6. The highest BCUT2D eigenvalue weighted by Gasteiger charge is 2.09. The Labute approximate surface area is 107 Å². The smallest absolute Gasteiger partial charge is 0.239 e. The van der Waals surface area contributed by atoms with Crippen molar-refractivity contribution in [1.82, 2.24) is 9.97 Å². The highest BCUT2D eigenvalue weighted by Crippen LogP contribution is 2.23. The van der Waals surface area contributed by atoms with E-state index < -0.39 is 0 Å². The summed E-state index contributed by atoms with van der Waals surface area (Å²) < 4.78 is 0. The van der Waals surface area contributed by atoms with Crippen LogP contribution in [-0.4, -0.2) is 16.5 Å². The van der Waals surface area contributed by atoms with E-state index in [1.165, 1.54) is 5.56 Å². The molecular weight excluding hydrogens is 226 g/mol. The number of aryl methyl sites for hydroxylation is 1. The molecule has 5 nitrogen and oxygen atoms in total. The van der Waals surface area contributed by atoms with E-state index in [0.717, 1.165) is 18.1 Å². The Morgan fingerprint density at radius 3 is 2.56 bits per heavy atom. The fourth-order valence-corrected chi connectivity index (χ4v) is 1.77. The third-order valence-electron chi connectivity index (χ3n) is 2.71. The third kappa shape index (κ3) is 2.57. The molecule has 0 fully saturated rings. The summed E-state index contributed by atoms with van der Waals surface area (Å²) >= 11 is 0. The Morgan fingerprint density at radius 2 is 1.94 bits per heavy atom. The van der Waals surface area contributed by atoms with Gasteiger partial charge in [0.15, 0.2) is 0 Å². The summed E-state index contributed by atoms with van der Waals surface area (Å²) in [4.78, 5) is 10.4. The number of nitrogens with two attached hydrogens (primary N) is 1. The van der Waals surface area contributed by atoms with Gasteiger partial charge < -0.3 is 4.90 Å². The Balaban J connectivity index is 2.35. The highest BCUT2D eigenvalue weighted by atomic mass is 15.3. The quantitative estimate of drug-likeness (QED) is 0.636. The van der Waals surface area contributed by atoms with Crippen molar-refractivity contribution in [1.29, 1.82) is 0 Å². The minimum Gasteiger partial charge on any atom is -0.326 e. The monoisotopic (exact) mass is 243 g/mol. The first-order valence-electron chi connectivity index (χ1n) is 5.88. The van der Waals surface area contributed by atoms with E-state index in [0.29, 0.717) is 5.95 Å². The molecule has 3 N–H and O–H groups in total. The number of nitrogens with zero attached hydrogens (tertiary/aromatic N) is 3. The van der Waals surface area contributed by atoms with Gasteiger partial charge in [0.2, 0.25) is 5.95 Å². The Morgan fingerprint density at radius 1 is 1.22 bits per heavy atom. The van der Waals surface area contributed by atoms with Crippen LogP contribution in [0.1, 0.15) is 12.5 Å². The molecule has 0 aliphatic carbocycles. The van der Waals surface area contributed by atoms with Gasteiger partial charge in [0.05, 0.1) is 0 Å². The number of benzene rings is 1. The van der Waals surface area contributed by atoms with Crippen LogP contribution in [0.25, 0.3) is 0 Å². The standard InChI is InChI=1S/C13H17N5/c1-3-18(11-6-4-10(2)5-7-11)12-8-9-15-13(16-12)17-14/h4-9H,3,14H2,1-2H3,(H,15,16,17). The van der Waals surface area contributed by atoms with E-state index in [4.69, 9.17) is 5.84 Å². The summed E-state index contributed by atoms with van der Waals surface area (Å²) in [6.07, 6.45) is 1.69. The summed E-state index contributed by atoms with van der Waals surface area (Å²) in [6, 6.07) is 10.2. The Hall–Kier alpha value is -2.14. The normalized spacial score (nSPS) is 10.2. The number of hydrogen-bond donors (Lipinski definition) is 2. The summed E-state index contributed by atoms with van der Waals surface area (Å²) in [6.45, 7) is 4.97. The minimum atomic E-state index is 0.415. The second-order valence-corrected chi connectivity index (χ2v) is 3.96. The lowest BCUT2D eigenvalue weighted by atomic mass is 10.2. The third-order valence-corrected chi connectivity index (χ3v) is 2.71. The van der Waals surface area contributed by atoms with Gasteiger partial charge in [0.25, 0.3) is 0 Å². The van der Waals surface area contributed by atoms with E-state index in [1.54, 1.807) is 6.20 Å². The molecule has 0 aliphatic heterocycles. The maximum absolute atomic E-state index is 5.33. The zero-order valence-corrected chi connectivity index (χ0v) is 10.6. The molecular formula is C13H17N5. The number of aromatic nitrogens is 2. The lowest BCUT2D eigenvalue weighted by Gasteiger charge is -2.22. The van der Waals surface area contributed by atoms with Gasteiger partial charge in [0, 0.05) is 18.4 Å². The maximum Gasteiger partial charge on any atom is 0.239 e. The van der Waals surface area contributed by atoms with Gasteiger partial charge in [-0.15, -0.1) is 0 Å². The molecule has 0 radical (unpaired) electrons. The second-order valence-electron chi connectivity index (χ2n) is 3.96. The van der Waals surface area contributed by atoms with Crippen molar-refractivity contribution >= 4 is 17.5 Å². The van der Waals surface area contributed by atoms with E-state index in [2.05, 4.69) is 58.4 Å². The predicted molar refractivity (Wildman–Crippen MR) is 73.7 cm³/mol. The van der Waals surface area contributed by atoms with Crippen molar-refractivity contribution in [3.63, 3.8) is 0 Å². The first-order valence-corrected chi connectivity index (χ1v) is 5.88. The van der Waals surface area contributed by atoms with Crippen molar-refractivity contribution in [3.05, 3.63) is 42.1 Å². The molecule has 0 atom stereocenters. The van der Waals surface area contributed by atoms with Gasteiger partial charge in [-0.25, -0.2) is 10.8 Å². The van der Waals surface area contributed by atoms with Gasteiger partial charge in [-0.3, -0.25) is 5.43 Å². The van der Waals surface area contributed by atoms with E-state index in [1.807, 2.05) is 6.07 Å². The molecule has 94 valence electrons. The molecule has 0 saturated heterocycles. The van der Waals surface area contributed by atoms with E-state index in [9.17, 15) is 0 Å². The van der Waals surface area contributed by atoms with Crippen molar-refractivity contribution in [2.45, 2.75) is 13.8 Å². The van der Waals surface area contributed by atoms with Gasteiger partial charge in [-0.05, 0) is 32.0 Å². The minimum absolute atomic E-state index is 0.415. The van der Waals surface area contributed by atoms with Gasteiger partial charge in [-0.2, -0.15) is 4.98 Å². The number of hydrazine groups is 1. The van der Waals surface area contributed by atoms with Crippen molar-refractivity contribution in [2.75, 3.05) is 16.9 Å². The highest BCUT2D eigenvalue weighted by molar-refractivity contribution is 5.60. The van der Waals surface area contributed by atoms with Crippen LogP contribution in [0.4, 0.5) is 17.5 Å². The first kappa shape index (κ1) is 12.3. The van der Waals surface area contributed by atoms with Crippen LogP contribution in [0.3, 0.4) is 0 Å². The molecule has 2 rings (SSSR count). The lowest BCUT2D eigenvalue weighted by molar-refractivity contribution is 0.973. The predicted octanol–water partition coefficient (Wildman–Crippen LogP) is 2.23. The first-order chi connectivity index (χ1) is 8.74. The molecule has 18 heavy (non-hydrogen) atoms. The van der Waals surface area contributed by atoms with Gasteiger partial charge >= 0.3 is 0 Å². The SMILES string of the molecule is CCN(c1ccc(C)cc1)c1ccnc(NN)n1. The van der Waals surface area contributed by atoms with Crippen LogP contribution < -0.4 is 16.2 Å². The molecule has 0 spiro atoms. The summed E-state index contributed by atoms with van der Waals surface area (Å²) in [5, 5.41) is 0. The van der Waals surface area contributed by atoms with Crippen LogP contribution in [0.2, 0.25) is 0 Å². The fraction of sp³-hybridized carbons (Fsp3) is 0.231. The van der Waals surface area contributed by atoms with E-state index in [-0.39, 0.29) is 0 Å². The molecule has 5 heteroatoms. The average molecular weight is 243 g/mol. The molecule has 1 aromatic carbocycles. The molecule has 0 bridgehead atoms. The molecule has 1 aromatic heterocycles. The fourth-order valence-electron chi connectivity index (χ4n) is 1.77. The van der Waals surface area contributed by atoms with Crippen molar-refractivity contribution in [2.24, 2.45) is 5.84 Å². The van der Waals surface area contributed by atoms with Gasteiger partial charge in [0.1, 0.15) is 5.82 Å². The number of hydrogen-bond acceptors (Lipinski definition) is 5. The number of nitrogens with one attached hydrogen (secondary N) is 1. The van der Waals surface area contributed by atoms with Gasteiger partial charge in [-0.1, -0.05) is 17.7 Å². The number of rotatable bonds is 4. The summed E-state index contributed by atoms with van der Waals surface area (Å²) in [7, 11) is 0. The molecule has 2 aromatic rings. The zero-order chi connectivity index (χ0) is 13.0. The maximum atomic E-state index is 5.33. The van der Waals surface area contributed by atoms with Crippen LogP contribution in [0.15, 0.2) is 36.5 Å². The second kappa shape index (κ2) is 5.46. The van der Waals surface area contributed by atoms with Crippen LogP contribution in [-0.2, 0) is 0 Å². The van der Waals surface area contributed by atoms with Crippen LogP contribution >= 0.6 is 0 Å². The van der Waals surface area contributed by atoms with Crippen LogP contribution in [0, 0.1) is 6.92 Å². The van der Waals surface area contributed by atoms with Crippen LogP contribution in [0.5, 0.6) is 0 Å². The topological polar surface area (TPSA) is 67.1 Å². The molecule has 0 aliphatic rings. The van der Waals surface area contributed by atoms with Crippen molar-refractivity contribution in [3.8, 4) is 0 Å². The average Bonchev–Trinajstić information content (AvgIpc) is 2.42. The Bertz CT molecular complexity index is 509. The van der Waals surface area contributed by atoms with E-state index >= 15 is 0 Å². The molecule has 0 saturated carbocycles. The molecule has 1 heterocycles. The van der Waals surface area contributed by atoms with Crippen molar-refractivity contribution < 1.29 is 0 Å². The molecule has 0 unspecified atom stereocenters. The molecule has 0 amide bonds. The Kier molecular flexibility index (Phi) is 3.74. The number of anilines is 3. The lowest BCUT2D eigenvalue weighted by Crippen LogP contribution is -2.19. The number of nitrogen functional groups attached to an aromatic ring is 1. The summed E-state index contributed by atoms with van der Waals surface area (Å²) in [5.74, 6) is 6.56. The largest absolute Gasteiger partial charge is 0.326 e. The summed E-state index contributed by atoms with van der Waals surface area (Å²) in [5.41, 5.74) is 4.80.